The van der Waals surface area contributed by atoms with Gasteiger partial charge < -0.3 is 5.32 Å². The summed E-state index contributed by atoms with van der Waals surface area (Å²) in [5, 5.41) is 3.45. The first-order valence-corrected chi connectivity index (χ1v) is 6.99. The van der Waals surface area contributed by atoms with Crippen molar-refractivity contribution in [2.24, 2.45) is 0 Å². The van der Waals surface area contributed by atoms with Crippen LogP contribution in [0.4, 0.5) is 0 Å². The Balaban J connectivity index is 1.97. The topological polar surface area (TPSA) is 64.0 Å². The molecule has 0 atom stereocenters. The number of hydrogen-bond donors (Lipinski definition) is 1. The van der Waals surface area contributed by atoms with Gasteiger partial charge in [0.05, 0.1) is 16.9 Å². The molecule has 0 bridgehead atoms. The lowest BCUT2D eigenvalue weighted by Crippen LogP contribution is -2.31. The Morgan fingerprint density at radius 1 is 1.33 bits per heavy atom. The number of amides is 1. The molecule has 2 aromatic rings. The fraction of sp³-hybridized carbons (Fsp3) is 0.214. The normalized spacial score (nSPS) is 10.4. The highest BCUT2D eigenvalue weighted by atomic mass is 35.5. The Bertz CT molecular complexity index is 728. The zero-order valence-corrected chi connectivity index (χ0v) is 12.8. The van der Waals surface area contributed by atoms with Crippen molar-refractivity contribution in [3.8, 4) is 0 Å². The molecule has 0 unspecified atom stereocenters. The van der Waals surface area contributed by atoms with Gasteiger partial charge in [0.25, 0.3) is 11.5 Å². The molecule has 0 saturated heterocycles. The minimum absolute atomic E-state index is 0.152. The minimum Gasteiger partial charge on any atom is -0.350 e. The Morgan fingerprint density at radius 2 is 2.10 bits per heavy atom. The average Bonchev–Trinajstić information content (AvgIpc) is 2.41. The van der Waals surface area contributed by atoms with Crippen molar-refractivity contribution in [2.45, 2.75) is 13.5 Å². The van der Waals surface area contributed by atoms with Crippen molar-refractivity contribution in [3.05, 3.63) is 62.2 Å². The van der Waals surface area contributed by atoms with Crippen molar-refractivity contribution in [3.63, 3.8) is 0 Å². The second-order valence-electron chi connectivity index (χ2n) is 4.44. The van der Waals surface area contributed by atoms with Gasteiger partial charge in [0.1, 0.15) is 0 Å². The molecule has 0 aliphatic rings. The Morgan fingerprint density at radius 3 is 2.76 bits per heavy atom. The summed E-state index contributed by atoms with van der Waals surface area (Å²) in [6.45, 7) is 2.38. The van der Waals surface area contributed by atoms with Crippen LogP contribution >= 0.6 is 23.2 Å². The lowest BCUT2D eigenvalue weighted by molar-refractivity contribution is 0.0952. The van der Waals surface area contributed by atoms with E-state index in [2.05, 4.69) is 10.3 Å². The zero-order valence-electron chi connectivity index (χ0n) is 11.3. The predicted molar refractivity (Wildman–Crippen MR) is 82.0 cm³/mol. The molecule has 0 aliphatic heterocycles. The number of hydrogen-bond acceptors (Lipinski definition) is 3. The monoisotopic (exact) mass is 325 g/mol. The maximum Gasteiger partial charge on any atom is 0.253 e. The first-order valence-electron chi connectivity index (χ1n) is 6.23. The summed E-state index contributed by atoms with van der Waals surface area (Å²) in [7, 11) is 0. The van der Waals surface area contributed by atoms with E-state index < -0.39 is 0 Å². The van der Waals surface area contributed by atoms with Crippen LogP contribution in [0.1, 0.15) is 16.1 Å². The standard InChI is InChI=1S/C14H13Cl2N3O2/c1-9-6-13(20)19(8-18-9)5-4-17-14(21)11-3-2-10(15)7-12(11)16/h2-3,6-8H,4-5H2,1H3,(H,17,21). The number of nitrogens with zero attached hydrogens (tertiary/aromatic N) is 2. The molecule has 0 aliphatic carbocycles. The Hall–Kier alpha value is -1.85. The van der Waals surface area contributed by atoms with E-state index in [9.17, 15) is 9.59 Å². The van der Waals surface area contributed by atoms with Gasteiger partial charge in [-0.25, -0.2) is 4.98 Å². The van der Waals surface area contributed by atoms with Crippen molar-refractivity contribution < 1.29 is 4.79 Å². The van der Waals surface area contributed by atoms with Crippen LogP contribution in [0.15, 0.2) is 35.4 Å². The first-order chi connectivity index (χ1) is 9.97. The molecule has 110 valence electrons. The lowest BCUT2D eigenvalue weighted by atomic mass is 10.2. The Labute approximate surface area is 131 Å². The highest BCUT2D eigenvalue weighted by Crippen LogP contribution is 2.20. The molecule has 0 radical (unpaired) electrons. The average molecular weight is 326 g/mol. The van der Waals surface area contributed by atoms with Gasteiger partial charge in [0.2, 0.25) is 0 Å². The lowest BCUT2D eigenvalue weighted by Gasteiger charge is -2.08. The van der Waals surface area contributed by atoms with E-state index in [4.69, 9.17) is 23.2 Å². The number of carbonyl (C=O) groups is 1. The second kappa shape index (κ2) is 6.74. The van der Waals surface area contributed by atoms with Crippen LogP contribution in [0.2, 0.25) is 10.0 Å². The Kier molecular flexibility index (Phi) is 4.98. The molecule has 1 aromatic carbocycles. The molecule has 7 heteroatoms. The number of rotatable bonds is 4. The van der Waals surface area contributed by atoms with Gasteiger partial charge >= 0.3 is 0 Å². The SMILES string of the molecule is Cc1cc(=O)n(CCNC(=O)c2ccc(Cl)cc2Cl)cn1. The summed E-state index contributed by atoms with van der Waals surface area (Å²) in [5.74, 6) is -0.315. The van der Waals surface area contributed by atoms with Crippen LogP contribution < -0.4 is 10.9 Å². The fourth-order valence-corrected chi connectivity index (χ4v) is 2.24. The van der Waals surface area contributed by atoms with E-state index in [0.717, 1.165) is 0 Å². The highest BCUT2D eigenvalue weighted by molar-refractivity contribution is 6.36. The van der Waals surface area contributed by atoms with Gasteiger partial charge in [0, 0.05) is 29.9 Å². The quantitative estimate of drug-likeness (QED) is 0.938. The highest BCUT2D eigenvalue weighted by Gasteiger charge is 2.10. The third kappa shape index (κ3) is 4.06. The van der Waals surface area contributed by atoms with Gasteiger partial charge in [-0.3, -0.25) is 14.2 Å². The van der Waals surface area contributed by atoms with Crippen molar-refractivity contribution >= 4 is 29.1 Å². The van der Waals surface area contributed by atoms with E-state index in [1.165, 1.54) is 23.0 Å². The first kappa shape index (κ1) is 15.5. The minimum atomic E-state index is -0.315. The van der Waals surface area contributed by atoms with Crippen LogP contribution in [0.5, 0.6) is 0 Å². The number of aromatic nitrogens is 2. The molecule has 0 fully saturated rings. The van der Waals surface area contributed by atoms with Gasteiger partial charge in [-0.15, -0.1) is 0 Å². The van der Waals surface area contributed by atoms with Crippen LogP contribution in [-0.2, 0) is 6.54 Å². The fourth-order valence-electron chi connectivity index (χ4n) is 1.74. The molecule has 1 aromatic heterocycles. The van der Waals surface area contributed by atoms with Crippen LogP contribution in [0.25, 0.3) is 0 Å². The van der Waals surface area contributed by atoms with Gasteiger partial charge in [-0.1, -0.05) is 23.2 Å². The molecule has 2 rings (SSSR count). The van der Waals surface area contributed by atoms with E-state index in [1.807, 2.05) is 0 Å². The second-order valence-corrected chi connectivity index (χ2v) is 5.29. The zero-order chi connectivity index (χ0) is 15.4. The molecule has 1 amide bonds. The summed E-state index contributed by atoms with van der Waals surface area (Å²) in [5.41, 5.74) is 0.852. The van der Waals surface area contributed by atoms with Gasteiger partial charge in [-0.05, 0) is 25.1 Å². The summed E-state index contributed by atoms with van der Waals surface area (Å²) in [6.07, 6.45) is 1.46. The molecular formula is C14H13Cl2N3O2. The molecule has 5 nitrogen and oxygen atoms in total. The summed E-state index contributed by atoms with van der Waals surface area (Å²) in [6, 6.07) is 6.10. The number of halogens is 2. The molecule has 21 heavy (non-hydrogen) atoms. The number of nitrogens with one attached hydrogen (secondary N) is 1. The molecule has 0 saturated carbocycles. The smallest absolute Gasteiger partial charge is 0.253 e. The summed E-state index contributed by atoms with van der Waals surface area (Å²) >= 11 is 11.7. The van der Waals surface area contributed by atoms with Crippen molar-refractivity contribution in [1.29, 1.82) is 0 Å². The van der Waals surface area contributed by atoms with Crippen LogP contribution in [-0.4, -0.2) is 22.0 Å². The summed E-state index contributed by atoms with van der Waals surface area (Å²) < 4.78 is 1.43. The summed E-state index contributed by atoms with van der Waals surface area (Å²) in [4.78, 5) is 27.7. The van der Waals surface area contributed by atoms with Crippen LogP contribution in [0.3, 0.4) is 0 Å². The number of carbonyl (C=O) groups excluding carboxylic acids is 1. The molecule has 0 spiro atoms. The van der Waals surface area contributed by atoms with E-state index in [0.29, 0.717) is 29.4 Å². The maximum absolute atomic E-state index is 12.0. The van der Waals surface area contributed by atoms with Crippen LogP contribution in [0, 0.1) is 6.92 Å². The largest absolute Gasteiger partial charge is 0.350 e. The number of aryl methyl sites for hydroxylation is 1. The van der Waals surface area contributed by atoms with E-state index in [-0.39, 0.29) is 16.5 Å². The van der Waals surface area contributed by atoms with Gasteiger partial charge in [0.15, 0.2) is 0 Å². The van der Waals surface area contributed by atoms with E-state index in [1.54, 1.807) is 19.1 Å². The number of benzene rings is 1. The van der Waals surface area contributed by atoms with Crippen molar-refractivity contribution in [1.82, 2.24) is 14.9 Å². The molecular weight excluding hydrogens is 313 g/mol. The third-order valence-electron chi connectivity index (χ3n) is 2.83. The van der Waals surface area contributed by atoms with Crippen molar-refractivity contribution in [2.75, 3.05) is 6.54 Å². The molecule has 1 N–H and O–H groups in total. The van der Waals surface area contributed by atoms with E-state index >= 15 is 0 Å². The molecule has 1 heterocycles. The maximum atomic E-state index is 12.0. The third-order valence-corrected chi connectivity index (χ3v) is 3.38. The van der Waals surface area contributed by atoms with Gasteiger partial charge in [-0.2, -0.15) is 0 Å². The predicted octanol–water partition coefficient (Wildman–Crippen LogP) is 2.29.